The van der Waals surface area contributed by atoms with Crippen molar-refractivity contribution in [1.29, 1.82) is 0 Å². The summed E-state index contributed by atoms with van der Waals surface area (Å²) in [6.07, 6.45) is 3.01. The molecule has 2 aromatic heterocycles. The Morgan fingerprint density at radius 1 is 1.43 bits per heavy atom. The first kappa shape index (κ1) is 15.8. The Kier molecular flexibility index (Phi) is 4.53. The lowest BCUT2D eigenvalue weighted by atomic mass is 9.98. The predicted molar refractivity (Wildman–Crippen MR) is 87.9 cm³/mol. The molecule has 0 spiro atoms. The molecule has 1 fully saturated rings. The van der Waals surface area contributed by atoms with Gasteiger partial charge in [-0.25, -0.2) is 14.4 Å². The number of amides is 1. The van der Waals surface area contributed by atoms with Gasteiger partial charge in [0.25, 0.3) is 0 Å². The third-order valence-electron chi connectivity index (χ3n) is 3.85. The van der Waals surface area contributed by atoms with Crippen molar-refractivity contribution in [2.45, 2.75) is 32.5 Å². The van der Waals surface area contributed by atoms with Crippen LogP contribution in [0.2, 0.25) is 0 Å². The highest BCUT2D eigenvalue weighted by molar-refractivity contribution is 7.15. The molecule has 8 heteroatoms. The van der Waals surface area contributed by atoms with Gasteiger partial charge < -0.3 is 10.6 Å². The second-order valence-electron chi connectivity index (χ2n) is 5.60. The van der Waals surface area contributed by atoms with E-state index >= 15 is 0 Å². The third-order valence-corrected chi connectivity index (χ3v) is 4.74. The van der Waals surface area contributed by atoms with E-state index in [1.165, 1.54) is 30.5 Å². The van der Waals surface area contributed by atoms with Gasteiger partial charge in [-0.15, -0.1) is 11.3 Å². The summed E-state index contributed by atoms with van der Waals surface area (Å²) in [5.74, 6) is 0.243. The molecule has 1 saturated heterocycles. The first-order valence-corrected chi connectivity index (χ1v) is 8.17. The number of nitrogens with one attached hydrogen (secondary N) is 2. The number of aromatic nitrogens is 2. The van der Waals surface area contributed by atoms with Crippen LogP contribution in [0.4, 0.5) is 15.3 Å². The fourth-order valence-corrected chi connectivity index (χ4v) is 3.39. The first-order chi connectivity index (χ1) is 11.0. The number of hydrogen-bond donors (Lipinski definition) is 2. The zero-order valence-electron chi connectivity index (χ0n) is 12.9. The molecule has 3 rings (SSSR count). The van der Waals surface area contributed by atoms with E-state index in [2.05, 4.69) is 32.4 Å². The van der Waals surface area contributed by atoms with Gasteiger partial charge in [0.05, 0.1) is 12.2 Å². The van der Waals surface area contributed by atoms with Crippen LogP contribution in [0, 0.1) is 5.82 Å². The number of likely N-dealkylation sites (tertiary alicyclic amines) is 1. The molecule has 1 aliphatic rings. The minimum absolute atomic E-state index is 0.112. The van der Waals surface area contributed by atoms with Crippen LogP contribution in [-0.4, -0.2) is 39.4 Å². The minimum Gasteiger partial charge on any atom is -0.364 e. The number of carbonyl (C=O) groups is 1. The van der Waals surface area contributed by atoms with Gasteiger partial charge in [-0.3, -0.25) is 9.69 Å². The molecule has 0 aromatic carbocycles. The Hall–Kier alpha value is -2.06. The number of hydrogen-bond acceptors (Lipinski definition) is 6. The molecule has 2 aromatic rings. The van der Waals surface area contributed by atoms with Crippen LogP contribution < -0.4 is 10.6 Å². The van der Waals surface area contributed by atoms with Crippen LogP contribution in [-0.2, 0) is 11.3 Å². The number of nitrogens with zero attached hydrogens (tertiary/aromatic N) is 3. The lowest BCUT2D eigenvalue weighted by Crippen LogP contribution is -2.61. The summed E-state index contributed by atoms with van der Waals surface area (Å²) in [5.41, 5.74) is 0. The Bertz CT molecular complexity index is 689. The minimum atomic E-state index is -0.334. The zero-order valence-corrected chi connectivity index (χ0v) is 13.7. The number of rotatable bonds is 5. The van der Waals surface area contributed by atoms with E-state index in [1.807, 2.05) is 0 Å². The summed E-state index contributed by atoms with van der Waals surface area (Å²) in [6, 6.07) is 3.68. The second-order valence-corrected chi connectivity index (χ2v) is 6.71. The van der Waals surface area contributed by atoms with E-state index < -0.39 is 0 Å². The van der Waals surface area contributed by atoms with Gasteiger partial charge in [0, 0.05) is 37.1 Å². The fourth-order valence-electron chi connectivity index (χ4n) is 2.50. The highest BCUT2D eigenvalue weighted by Gasteiger charge is 2.35. The van der Waals surface area contributed by atoms with E-state index in [0.29, 0.717) is 17.0 Å². The Labute approximate surface area is 137 Å². The molecule has 1 aliphatic heterocycles. The molecular formula is C15H18FN5OS. The van der Waals surface area contributed by atoms with Crippen LogP contribution in [0.15, 0.2) is 24.5 Å². The quantitative estimate of drug-likeness (QED) is 0.877. The van der Waals surface area contributed by atoms with Crippen LogP contribution >= 0.6 is 11.3 Å². The topological polar surface area (TPSA) is 70.2 Å². The average molecular weight is 335 g/mol. The molecule has 2 atom stereocenters. The molecule has 3 heterocycles. The summed E-state index contributed by atoms with van der Waals surface area (Å²) in [4.78, 5) is 22.6. The van der Waals surface area contributed by atoms with Crippen molar-refractivity contribution in [3.05, 3.63) is 35.2 Å². The van der Waals surface area contributed by atoms with Crippen molar-refractivity contribution < 1.29 is 9.18 Å². The SMILES string of the molecule is CC(=O)Nc1ncc(CN2CC(Nc3ccc(F)cn3)C2C)s1. The lowest BCUT2D eigenvalue weighted by Gasteiger charge is -2.46. The van der Waals surface area contributed by atoms with Gasteiger partial charge in [-0.05, 0) is 19.1 Å². The summed E-state index contributed by atoms with van der Waals surface area (Å²) < 4.78 is 12.9. The number of pyridine rings is 1. The number of anilines is 2. The van der Waals surface area contributed by atoms with Crippen molar-refractivity contribution in [2.75, 3.05) is 17.2 Å². The summed E-state index contributed by atoms with van der Waals surface area (Å²) in [7, 11) is 0. The van der Waals surface area contributed by atoms with E-state index in [1.54, 1.807) is 12.3 Å². The molecule has 1 amide bonds. The zero-order chi connectivity index (χ0) is 16.4. The van der Waals surface area contributed by atoms with Crippen LogP contribution in [0.25, 0.3) is 0 Å². The van der Waals surface area contributed by atoms with E-state index in [0.717, 1.165) is 18.0 Å². The van der Waals surface area contributed by atoms with E-state index in [-0.39, 0.29) is 17.8 Å². The summed E-state index contributed by atoms with van der Waals surface area (Å²) in [5, 5.41) is 6.63. The maximum atomic E-state index is 12.9. The van der Waals surface area contributed by atoms with Gasteiger partial charge in [-0.2, -0.15) is 0 Å². The first-order valence-electron chi connectivity index (χ1n) is 7.35. The largest absolute Gasteiger partial charge is 0.364 e. The third kappa shape index (κ3) is 3.83. The maximum Gasteiger partial charge on any atom is 0.223 e. The molecule has 0 bridgehead atoms. The van der Waals surface area contributed by atoms with Crippen LogP contribution in [0.3, 0.4) is 0 Å². The normalized spacial score (nSPS) is 20.8. The lowest BCUT2D eigenvalue weighted by molar-refractivity contribution is -0.114. The van der Waals surface area contributed by atoms with Gasteiger partial charge in [0.15, 0.2) is 5.13 Å². The van der Waals surface area contributed by atoms with Crippen molar-refractivity contribution in [2.24, 2.45) is 0 Å². The fraction of sp³-hybridized carbons (Fsp3) is 0.400. The molecular weight excluding hydrogens is 317 g/mol. The highest BCUT2D eigenvalue weighted by Crippen LogP contribution is 2.27. The van der Waals surface area contributed by atoms with Gasteiger partial charge in [0.1, 0.15) is 11.6 Å². The summed E-state index contributed by atoms with van der Waals surface area (Å²) in [6.45, 7) is 5.29. The van der Waals surface area contributed by atoms with Crippen LogP contribution in [0.1, 0.15) is 18.7 Å². The number of thiazole rings is 1. The van der Waals surface area contributed by atoms with Crippen molar-refractivity contribution in [3.63, 3.8) is 0 Å². The number of halogens is 1. The predicted octanol–water partition coefficient (Wildman–Crippen LogP) is 2.32. The molecule has 2 unspecified atom stereocenters. The van der Waals surface area contributed by atoms with Crippen molar-refractivity contribution >= 4 is 28.2 Å². The van der Waals surface area contributed by atoms with Gasteiger partial charge in [-0.1, -0.05) is 0 Å². The Balaban J connectivity index is 1.51. The van der Waals surface area contributed by atoms with E-state index in [4.69, 9.17) is 0 Å². The van der Waals surface area contributed by atoms with Crippen LogP contribution in [0.5, 0.6) is 0 Å². The van der Waals surface area contributed by atoms with Crippen molar-refractivity contribution in [3.8, 4) is 0 Å². The monoisotopic (exact) mass is 335 g/mol. The highest BCUT2D eigenvalue weighted by atomic mass is 32.1. The second kappa shape index (κ2) is 6.59. The Morgan fingerprint density at radius 2 is 2.26 bits per heavy atom. The molecule has 0 saturated carbocycles. The molecule has 122 valence electrons. The Morgan fingerprint density at radius 3 is 2.91 bits per heavy atom. The van der Waals surface area contributed by atoms with Crippen molar-refractivity contribution in [1.82, 2.24) is 14.9 Å². The molecule has 6 nitrogen and oxygen atoms in total. The summed E-state index contributed by atoms with van der Waals surface area (Å²) >= 11 is 1.49. The molecule has 23 heavy (non-hydrogen) atoms. The number of carbonyl (C=O) groups excluding carboxylic acids is 1. The smallest absolute Gasteiger partial charge is 0.223 e. The standard InChI is InChI=1S/C15H18FN5OS/c1-9-13(20-14-4-3-11(16)5-17-14)8-21(9)7-12-6-18-15(23-12)19-10(2)22/h3-6,9,13H,7-8H2,1-2H3,(H,17,20)(H,18,19,22). The van der Waals surface area contributed by atoms with E-state index in [9.17, 15) is 9.18 Å². The average Bonchev–Trinajstić information content (AvgIpc) is 2.94. The molecule has 0 radical (unpaired) electrons. The van der Waals surface area contributed by atoms with Gasteiger partial charge in [0.2, 0.25) is 5.91 Å². The molecule has 2 N–H and O–H groups in total. The molecule has 0 aliphatic carbocycles. The van der Waals surface area contributed by atoms with Gasteiger partial charge >= 0.3 is 0 Å². The maximum absolute atomic E-state index is 12.9.